The zero-order chi connectivity index (χ0) is 18.3. The standard InChI is InChI=1S/C18H36N4O2.ClH/c1-13(2)15(20-17(24)21-18(3,4)5)16(23)22-11-8-14(9-12-22)7-10-19-6;/h13-15,19H,7-12H2,1-6H3,(H2,20,21,24);1H/t15-;/m0./s1. The van der Waals surface area contributed by atoms with Crippen molar-refractivity contribution in [2.24, 2.45) is 11.8 Å². The molecular weight excluding hydrogens is 340 g/mol. The molecule has 6 nitrogen and oxygen atoms in total. The van der Waals surface area contributed by atoms with Crippen LogP contribution in [0.1, 0.15) is 53.9 Å². The largest absolute Gasteiger partial charge is 0.341 e. The number of hydrogen-bond donors (Lipinski definition) is 3. The summed E-state index contributed by atoms with van der Waals surface area (Å²) in [5.41, 5.74) is -0.319. The maximum atomic E-state index is 12.8. The summed E-state index contributed by atoms with van der Waals surface area (Å²) in [5.74, 6) is 0.794. The number of halogens is 1. The Morgan fingerprint density at radius 1 is 1.16 bits per heavy atom. The smallest absolute Gasteiger partial charge is 0.315 e. The van der Waals surface area contributed by atoms with Gasteiger partial charge in [-0.1, -0.05) is 13.8 Å². The van der Waals surface area contributed by atoms with E-state index in [-0.39, 0.29) is 35.8 Å². The Kier molecular flexibility index (Phi) is 10.4. The van der Waals surface area contributed by atoms with Gasteiger partial charge in [0, 0.05) is 18.6 Å². The van der Waals surface area contributed by atoms with Gasteiger partial charge < -0.3 is 20.9 Å². The fourth-order valence-electron chi connectivity index (χ4n) is 3.02. The molecule has 1 atom stereocenters. The Labute approximate surface area is 159 Å². The average molecular weight is 377 g/mol. The van der Waals surface area contributed by atoms with Gasteiger partial charge in [0.1, 0.15) is 6.04 Å². The lowest BCUT2D eigenvalue weighted by atomic mass is 9.92. The van der Waals surface area contributed by atoms with Gasteiger partial charge in [0.05, 0.1) is 0 Å². The van der Waals surface area contributed by atoms with Gasteiger partial charge in [0.2, 0.25) is 5.91 Å². The number of carbonyl (C=O) groups excluding carboxylic acids is 2. The van der Waals surface area contributed by atoms with Gasteiger partial charge in [0.25, 0.3) is 0 Å². The second kappa shape index (κ2) is 10.9. The highest BCUT2D eigenvalue weighted by Crippen LogP contribution is 2.21. The van der Waals surface area contributed by atoms with Crippen LogP contribution in [-0.4, -0.2) is 55.1 Å². The van der Waals surface area contributed by atoms with Gasteiger partial charge in [-0.05, 0) is 65.5 Å². The number of urea groups is 1. The van der Waals surface area contributed by atoms with Crippen molar-refractivity contribution in [3.63, 3.8) is 0 Å². The average Bonchev–Trinajstić information content (AvgIpc) is 2.48. The highest BCUT2D eigenvalue weighted by atomic mass is 35.5. The molecule has 0 bridgehead atoms. The first-order valence-corrected chi connectivity index (χ1v) is 9.16. The van der Waals surface area contributed by atoms with Crippen molar-refractivity contribution in [1.82, 2.24) is 20.9 Å². The predicted molar refractivity (Wildman–Crippen MR) is 105 cm³/mol. The molecule has 0 aromatic heterocycles. The van der Waals surface area contributed by atoms with Crippen molar-refractivity contribution in [3.05, 3.63) is 0 Å². The first-order chi connectivity index (χ1) is 11.1. The van der Waals surface area contributed by atoms with Crippen LogP contribution >= 0.6 is 12.4 Å². The maximum absolute atomic E-state index is 12.8. The van der Waals surface area contributed by atoms with Crippen molar-refractivity contribution in [3.8, 4) is 0 Å². The minimum absolute atomic E-state index is 0. The summed E-state index contributed by atoms with van der Waals surface area (Å²) in [4.78, 5) is 26.9. The molecule has 25 heavy (non-hydrogen) atoms. The zero-order valence-corrected chi connectivity index (χ0v) is 17.5. The van der Waals surface area contributed by atoms with E-state index in [1.807, 2.05) is 46.6 Å². The molecule has 0 aromatic rings. The second-order valence-electron chi connectivity index (χ2n) is 8.23. The third-order valence-corrected chi connectivity index (χ3v) is 4.44. The Morgan fingerprint density at radius 2 is 1.72 bits per heavy atom. The third-order valence-electron chi connectivity index (χ3n) is 4.44. The zero-order valence-electron chi connectivity index (χ0n) is 16.6. The number of carbonyl (C=O) groups is 2. The summed E-state index contributed by atoms with van der Waals surface area (Å²) in [5, 5.41) is 8.92. The fraction of sp³-hybridized carbons (Fsp3) is 0.889. The van der Waals surface area contributed by atoms with Crippen molar-refractivity contribution < 1.29 is 9.59 Å². The molecule has 1 fully saturated rings. The van der Waals surface area contributed by atoms with E-state index in [4.69, 9.17) is 0 Å². The lowest BCUT2D eigenvalue weighted by Crippen LogP contribution is -2.57. The van der Waals surface area contributed by atoms with Crippen molar-refractivity contribution >= 4 is 24.3 Å². The molecule has 1 heterocycles. The third kappa shape index (κ3) is 8.77. The van der Waals surface area contributed by atoms with E-state index in [0.29, 0.717) is 5.92 Å². The first-order valence-electron chi connectivity index (χ1n) is 9.16. The Balaban J connectivity index is 0.00000576. The fourth-order valence-corrected chi connectivity index (χ4v) is 3.02. The van der Waals surface area contributed by atoms with E-state index in [1.54, 1.807) is 0 Å². The SMILES string of the molecule is CNCCC1CCN(C(=O)[C@@H](NC(=O)NC(C)(C)C)C(C)C)CC1.Cl. The number of hydrogen-bond acceptors (Lipinski definition) is 3. The molecule has 0 saturated carbocycles. The topological polar surface area (TPSA) is 73.5 Å². The summed E-state index contributed by atoms with van der Waals surface area (Å²) < 4.78 is 0. The molecule has 0 unspecified atom stereocenters. The van der Waals surface area contributed by atoms with Crippen molar-refractivity contribution in [2.75, 3.05) is 26.7 Å². The van der Waals surface area contributed by atoms with E-state index < -0.39 is 6.04 Å². The number of rotatable bonds is 6. The second-order valence-corrected chi connectivity index (χ2v) is 8.23. The van der Waals surface area contributed by atoms with Crippen LogP contribution in [-0.2, 0) is 4.79 Å². The van der Waals surface area contributed by atoms with E-state index in [1.165, 1.54) is 6.42 Å². The minimum Gasteiger partial charge on any atom is -0.341 e. The molecule has 1 saturated heterocycles. The van der Waals surface area contributed by atoms with Crippen LogP contribution in [0.3, 0.4) is 0 Å². The Bertz CT molecular complexity index is 416. The first kappa shape index (κ1) is 24.0. The van der Waals surface area contributed by atoms with Crippen LogP contribution < -0.4 is 16.0 Å². The number of piperidine rings is 1. The van der Waals surface area contributed by atoms with Gasteiger partial charge in [0.15, 0.2) is 0 Å². The van der Waals surface area contributed by atoms with Crippen LogP contribution in [0.2, 0.25) is 0 Å². The Hall–Kier alpha value is -1.01. The molecule has 0 spiro atoms. The van der Waals surface area contributed by atoms with Crippen molar-refractivity contribution in [2.45, 2.75) is 65.5 Å². The number of amides is 3. The summed E-state index contributed by atoms with van der Waals surface area (Å²) >= 11 is 0. The van der Waals surface area contributed by atoms with E-state index >= 15 is 0 Å². The number of nitrogens with one attached hydrogen (secondary N) is 3. The molecule has 1 rings (SSSR count). The molecule has 0 radical (unpaired) electrons. The quantitative estimate of drug-likeness (QED) is 0.666. The summed E-state index contributed by atoms with van der Waals surface area (Å²) in [7, 11) is 1.97. The van der Waals surface area contributed by atoms with Gasteiger partial charge in [-0.2, -0.15) is 0 Å². The molecule has 1 aliphatic rings. The van der Waals surface area contributed by atoms with E-state index in [0.717, 1.165) is 32.5 Å². The summed E-state index contributed by atoms with van der Waals surface area (Å²) in [6.07, 6.45) is 3.26. The highest BCUT2D eigenvalue weighted by Gasteiger charge is 2.31. The molecule has 0 aliphatic carbocycles. The lowest BCUT2D eigenvalue weighted by molar-refractivity contribution is -0.135. The molecule has 3 amide bonds. The monoisotopic (exact) mass is 376 g/mol. The highest BCUT2D eigenvalue weighted by molar-refractivity contribution is 5.87. The number of likely N-dealkylation sites (tertiary alicyclic amines) is 1. The van der Waals surface area contributed by atoms with Crippen LogP contribution in [0.4, 0.5) is 4.79 Å². The van der Waals surface area contributed by atoms with Crippen LogP contribution in [0.15, 0.2) is 0 Å². The van der Waals surface area contributed by atoms with Crippen molar-refractivity contribution in [1.29, 1.82) is 0 Å². The number of nitrogens with zero attached hydrogens (tertiary/aromatic N) is 1. The lowest BCUT2D eigenvalue weighted by Gasteiger charge is -2.35. The molecule has 3 N–H and O–H groups in total. The molecular formula is C18H37ClN4O2. The normalized spacial score (nSPS) is 17.0. The van der Waals surface area contributed by atoms with E-state index in [2.05, 4.69) is 16.0 Å². The van der Waals surface area contributed by atoms with E-state index in [9.17, 15) is 9.59 Å². The van der Waals surface area contributed by atoms with Gasteiger partial charge in [-0.25, -0.2) is 4.79 Å². The molecule has 148 valence electrons. The predicted octanol–water partition coefficient (Wildman–Crippen LogP) is 2.38. The Morgan fingerprint density at radius 3 is 2.16 bits per heavy atom. The van der Waals surface area contributed by atoms with Gasteiger partial charge in [-0.3, -0.25) is 4.79 Å². The molecule has 1 aliphatic heterocycles. The van der Waals surface area contributed by atoms with Crippen LogP contribution in [0, 0.1) is 11.8 Å². The van der Waals surface area contributed by atoms with Gasteiger partial charge in [-0.15, -0.1) is 12.4 Å². The van der Waals surface area contributed by atoms with Crippen LogP contribution in [0.25, 0.3) is 0 Å². The maximum Gasteiger partial charge on any atom is 0.315 e. The minimum atomic E-state index is -0.471. The summed E-state index contributed by atoms with van der Waals surface area (Å²) in [6.45, 7) is 12.3. The van der Waals surface area contributed by atoms with Crippen LogP contribution in [0.5, 0.6) is 0 Å². The molecule has 7 heteroatoms. The molecule has 0 aromatic carbocycles. The van der Waals surface area contributed by atoms with Gasteiger partial charge >= 0.3 is 6.03 Å². The summed E-state index contributed by atoms with van der Waals surface area (Å²) in [6, 6.07) is -0.750.